The lowest BCUT2D eigenvalue weighted by atomic mass is 10.2. The number of rotatable bonds is 5. The van der Waals surface area contributed by atoms with Crippen molar-refractivity contribution in [3.05, 3.63) is 29.6 Å². The molecule has 3 aromatic heterocycles. The second kappa shape index (κ2) is 6.83. The highest BCUT2D eigenvalue weighted by molar-refractivity contribution is 5.84. The Morgan fingerprint density at radius 3 is 2.82 bits per heavy atom. The molecule has 4 rings (SSSR count). The number of methoxy groups -OCH3 is 1. The summed E-state index contributed by atoms with van der Waals surface area (Å²) in [6.07, 6.45) is 0.418. The number of ether oxygens (including phenoxy) is 3. The number of pyridine rings is 1. The monoisotopic (exact) mass is 385 g/mol. The van der Waals surface area contributed by atoms with Crippen molar-refractivity contribution in [1.82, 2.24) is 24.5 Å². The molecule has 28 heavy (non-hydrogen) atoms. The maximum absolute atomic E-state index is 11.2. The number of nitrogens with two attached hydrogens (primary N) is 1. The van der Waals surface area contributed by atoms with Gasteiger partial charge < -0.3 is 24.8 Å². The summed E-state index contributed by atoms with van der Waals surface area (Å²) in [5, 5.41) is 0. The molecule has 1 fully saturated rings. The number of hydrogen-bond acceptors (Lipinski definition) is 10. The van der Waals surface area contributed by atoms with Gasteiger partial charge in [0.15, 0.2) is 23.6 Å². The average Bonchev–Trinajstić information content (AvgIpc) is 3.27. The quantitative estimate of drug-likeness (QED) is 0.637. The van der Waals surface area contributed by atoms with Crippen LogP contribution >= 0.6 is 0 Å². The Balaban J connectivity index is 1.76. The normalized spacial score (nSPS) is 16.1. The van der Waals surface area contributed by atoms with Gasteiger partial charge in [0.1, 0.15) is 0 Å². The molecule has 1 unspecified atom stereocenters. The van der Waals surface area contributed by atoms with Crippen LogP contribution < -0.4 is 15.4 Å². The van der Waals surface area contributed by atoms with Crippen LogP contribution in [0, 0.1) is 6.92 Å². The molecule has 0 spiro atoms. The molecular formula is C17H19N7O4. The third-order valence-corrected chi connectivity index (χ3v) is 4.39. The molecule has 1 aliphatic rings. The van der Waals surface area contributed by atoms with E-state index >= 15 is 0 Å². The van der Waals surface area contributed by atoms with E-state index in [9.17, 15) is 4.79 Å². The molecule has 11 nitrogen and oxygen atoms in total. The van der Waals surface area contributed by atoms with E-state index in [1.54, 1.807) is 22.7 Å². The predicted octanol–water partition coefficient (Wildman–Crippen LogP) is 1.10. The molecule has 0 amide bonds. The summed E-state index contributed by atoms with van der Waals surface area (Å²) in [5.74, 6) is 0.468. The average molecular weight is 385 g/mol. The van der Waals surface area contributed by atoms with Crippen LogP contribution in [0.4, 0.5) is 16.6 Å². The van der Waals surface area contributed by atoms with Gasteiger partial charge in [-0.05, 0) is 18.6 Å². The Kier molecular flexibility index (Phi) is 4.34. The van der Waals surface area contributed by atoms with E-state index in [4.69, 9.17) is 19.9 Å². The molecule has 11 heteroatoms. The molecule has 3 aromatic rings. The van der Waals surface area contributed by atoms with Gasteiger partial charge in [-0.2, -0.15) is 15.0 Å². The number of nitrogens with zero attached hydrogens (tertiary/aromatic N) is 6. The van der Waals surface area contributed by atoms with E-state index in [0.717, 1.165) is 11.3 Å². The van der Waals surface area contributed by atoms with Crippen LogP contribution in [0.15, 0.2) is 18.3 Å². The van der Waals surface area contributed by atoms with E-state index in [-0.39, 0.29) is 18.4 Å². The lowest BCUT2D eigenvalue weighted by Gasteiger charge is -2.21. The first-order chi connectivity index (χ1) is 13.5. The number of anilines is 2. The predicted molar refractivity (Wildman–Crippen MR) is 99.0 cm³/mol. The molecule has 0 bridgehead atoms. The molecule has 0 aliphatic carbocycles. The van der Waals surface area contributed by atoms with Crippen LogP contribution in [-0.2, 0) is 16.0 Å². The minimum absolute atomic E-state index is 0.0776. The molecule has 0 saturated carbocycles. The number of cyclic esters (lactones) is 2. The van der Waals surface area contributed by atoms with E-state index in [0.29, 0.717) is 23.7 Å². The number of nitrogen functional groups attached to an aromatic ring is 1. The van der Waals surface area contributed by atoms with Crippen molar-refractivity contribution in [2.75, 3.05) is 31.4 Å². The fourth-order valence-corrected chi connectivity index (χ4v) is 2.86. The summed E-state index contributed by atoms with van der Waals surface area (Å²) in [6, 6.07) is 4.25. The molecule has 1 atom stereocenters. The Hall–Kier alpha value is -3.63. The van der Waals surface area contributed by atoms with Gasteiger partial charge in [-0.3, -0.25) is 9.55 Å². The van der Waals surface area contributed by atoms with E-state index in [2.05, 4.69) is 19.9 Å². The topological polar surface area (TPSA) is 131 Å². The molecular weight excluding hydrogens is 366 g/mol. The Morgan fingerprint density at radius 1 is 1.36 bits per heavy atom. The zero-order valence-electron chi connectivity index (χ0n) is 15.6. The highest BCUT2D eigenvalue weighted by Crippen LogP contribution is 2.27. The zero-order chi connectivity index (χ0) is 19.8. The third-order valence-electron chi connectivity index (χ3n) is 4.39. The van der Waals surface area contributed by atoms with Crippen molar-refractivity contribution in [2.45, 2.75) is 19.7 Å². The number of carbonyl (C=O) groups excluding carboxylic acids is 1. The van der Waals surface area contributed by atoms with Gasteiger partial charge >= 0.3 is 6.16 Å². The number of carbonyl (C=O) groups is 1. The molecule has 4 heterocycles. The zero-order valence-corrected chi connectivity index (χ0v) is 15.6. The summed E-state index contributed by atoms with van der Waals surface area (Å²) in [7, 11) is 3.21. The minimum Gasteiger partial charge on any atom is -0.468 e. The van der Waals surface area contributed by atoms with Crippen molar-refractivity contribution >= 4 is 29.1 Å². The molecule has 1 saturated heterocycles. The molecule has 146 valence electrons. The van der Waals surface area contributed by atoms with Gasteiger partial charge in [0.25, 0.3) is 6.01 Å². The first kappa shape index (κ1) is 17.8. The van der Waals surface area contributed by atoms with Crippen molar-refractivity contribution in [2.24, 2.45) is 0 Å². The van der Waals surface area contributed by atoms with Crippen LogP contribution in [0.1, 0.15) is 11.3 Å². The van der Waals surface area contributed by atoms with Gasteiger partial charge in [-0.25, -0.2) is 4.79 Å². The number of hydrogen-bond donors (Lipinski definition) is 1. The maximum atomic E-state index is 11.2. The number of aromatic nitrogens is 5. The Labute approximate surface area is 160 Å². The van der Waals surface area contributed by atoms with Crippen LogP contribution in [-0.4, -0.2) is 57.7 Å². The van der Waals surface area contributed by atoms with Crippen LogP contribution in [0.3, 0.4) is 0 Å². The fourth-order valence-electron chi connectivity index (χ4n) is 2.86. The van der Waals surface area contributed by atoms with Crippen molar-refractivity contribution in [3.8, 4) is 6.01 Å². The highest BCUT2D eigenvalue weighted by atomic mass is 16.8. The minimum atomic E-state index is -0.732. The van der Waals surface area contributed by atoms with E-state index < -0.39 is 12.4 Å². The van der Waals surface area contributed by atoms with Gasteiger partial charge in [0, 0.05) is 18.9 Å². The van der Waals surface area contributed by atoms with Crippen molar-refractivity contribution in [3.63, 3.8) is 0 Å². The Morgan fingerprint density at radius 2 is 2.18 bits per heavy atom. The lowest BCUT2D eigenvalue weighted by molar-refractivity contribution is 0.118. The van der Waals surface area contributed by atoms with Crippen molar-refractivity contribution in [1.29, 1.82) is 0 Å². The number of fused-ring (bicyclic) bond motifs is 1. The first-order valence-electron chi connectivity index (χ1n) is 8.51. The third kappa shape index (κ3) is 3.10. The summed E-state index contributed by atoms with van der Waals surface area (Å²) in [6.45, 7) is 2.44. The fraction of sp³-hybridized carbons (Fsp3) is 0.353. The summed E-state index contributed by atoms with van der Waals surface area (Å²) in [4.78, 5) is 30.4. The summed E-state index contributed by atoms with van der Waals surface area (Å²) >= 11 is 0. The maximum Gasteiger partial charge on any atom is 0.510 e. The standard InChI is InChI=1S/C17H19N7O4/c1-9-4-5-10(6-19-9)7-24-14-12(20-16(24)26-3)13(18)21-15(22-14)23(2)11-8-27-17(25)28-11/h4-6,11H,7-8H2,1-3H3,(H2,18,21,22). The number of likely N-dealkylation sites (N-methyl/N-ethyl adjacent to an activating group) is 1. The SMILES string of the molecule is COc1nc2c(N)nc(N(C)C3COC(=O)O3)nc2n1Cc1ccc(C)nc1. The lowest BCUT2D eigenvalue weighted by Crippen LogP contribution is -2.35. The molecule has 2 N–H and O–H groups in total. The second-order valence-electron chi connectivity index (χ2n) is 6.32. The van der Waals surface area contributed by atoms with Gasteiger partial charge in [-0.1, -0.05) is 6.07 Å². The molecule has 0 radical (unpaired) electrons. The van der Waals surface area contributed by atoms with Gasteiger partial charge in [-0.15, -0.1) is 0 Å². The largest absolute Gasteiger partial charge is 0.510 e. The smallest absolute Gasteiger partial charge is 0.468 e. The molecule has 1 aliphatic heterocycles. The van der Waals surface area contributed by atoms with E-state index in [1.807, 2.05) is 19.1 Å². The van der Waals surface area contributed by atoms with Gasteiger partial charge in [0.2, 0.25) is 12.2 Å². The first-order valence-corrected chi connectivity index (χ1v) is 8.51. The number of imidazole rings is 1. The highest BCUT2D eigenvalue weighted by Gasteiger charge is 2.31. The summed E-state index contributed by atoms with van der Waals surface area (Å²) < 4.78 is 17.1. The summed E-state index contributed by atoms with van der Waals surface area (Å²) in [5.41, 5.74) is 8.91. The molecule has 0 aromatic carbocycles. The van der Waals surface area contributed by atoms with Crippen molar-refractivity contribution < 1.29 is 19.0 Å². The van der Waals surface area contributed by atoms with Crippen LogP contribution in [0.5, 0.6) is 6.01 Å². The van der Waals surface area contributed by atoms with Crippen LogP contribution in [0.2, 0.25) is 0 Å². The van der Waals surface area contributed by atoms with E-state index in [1.165, 1.54) is 7.11 Å². The van der Waals surface area contributed by atoms with Gasteiger partial charge in [0.05, 0.1) is 13.7 Å². The number of aryl methyl sites for hydroxylation is 1. The van der Waals surface area contributed by atoms with Crippen LogP contribution in [0.25, 0.3) is 11.2 Å². The Bertz CT molecular complexity index is 1030. The second-order valence-corrected chi connectivity index (χ2v) is 6.32.